The predicted octanol–water partition coefficient (Wildman–Crippen LogP) is 3.95. The van der Waals surface area contributed by atoms with Crippen molar-refractivity contribution in [2.45, 2.75) is 38.1 Å². The fraction of sp³-hybridized carbons (Fsp3) is 0.625. The van der Waals surface area contributed by atoms with Crippen LogP contribution in [-0.2, 0) is 6.54 Å². The molecule has 0 spiro atoms. The van der Waals surface area contributed by atoms with Gasteiger partial charge in [-0.25, -0.2) is 0 Å². The molecule has 3 nitrogen and oxygen atoms in total. The highest BCUT2D eigenvalue weighted by Crippen LogP contribution is 2.34. The lowest BCUT2D eigenvalue weighted by Crippen LogP contribution is -2.22. The van der Waals surface area contributed by atoms with Crippen molar-refractivity contribution in [3.05, 3.63) is 17.7 Å². The quantitative estimate of drug-likeness (QED) is 0.699. The first-order chi connectivity index (χ1) is 9.69. The van der Waals surface area contributed by atoms with Crippen LogP contribution in [0.1, 0.15) is 32.3 Å². The van der Waals surface area contributed by atoms with Crippen molar-refractivity contribution >= 4 is 11.8 Å². The van der Waals surface area contributed by atoms with Crippen LogP contribution in [-0.4, -0.2) is 27.0 Å². The smallest absolute Gasteiger partial charge is 0.161 e. The van der Waals surface area contributed by atoms with Crippen LogP contribution in [0.4, 0.5) is 0 Å². The Morgan fingerprint density at radius 3 is 2.20 bits per heavy atom. The van der Waals surface area contributed by atoms with Crippen LogP contribution < -0.4 is 14.8 Å². The van der Waals surface area contributed by atoms with E-state index in [1.807, 2.05) is 0 Å². The molecule has 0 atom stereocenters. The number of hydrogen-bond donors (Lipinski definition) is 1. The molecule has 0 aliphatic rings. The molecule has 0 aromatic heterocycles. The van der Waals surface area contributed by atoms with E-state index in [0.29, 0.717) is 0 Å². The normalized spacial score (nSPS) is 10.9. The number of ether oxygens (including phenoxy) is 2. The fourth-order valence-electron chi connectivity index (χ4n) is 2.22. The first kappa shape index (κ1) is 17.2. The Morgan fingerprint density at radius 2 is 1.70 bits per heavy atom. The lowest BCUT2D eigenvalue weighted by Gasteiger charge is -2.16. The Bertz CT molecular complexity index is 406. The summed E-state index contributed by atoms with van der Waals surface area (Å²) in [5.41, 5.74) is 1.26. The van der Waals surface area contributed by atoms with Crippen LogP contribution in [0.2, 0.25) is 0 Å². The van der Waals surface area contributed by atoms with Gasteiger partial charge in [0, 0.05) is 11.4 Å². The molecular weight excluding hydrogens is 270 g/mol. The van der Waals surface area contributed by atoms with Crippen molar-refractivity contribution in [1.29, 1.82) is 0 Å². The Morgan fingerprint density at radius 1 is 1.10 bits per heavy atom. The van der Waals surface area contributed by atoms with E-state index in [-0.39, 0.29) is 0 Å². The first-order valence-corrected chi connectivity index (χ1v) is 8.42. The maximum absolute atomic E-state index is 5.38. The van der Waals surface area contributed by atoms with Gasteiger partial charge in [0.25, 0.3) is 0 Å². The number of thioether (sulfide) groups is 1. The first-order valence-electron chi connectivity index (χ1n) is 7.19. The largest absolute Gasteiger partial charge is 0.493 e. The molecule has 1 rings (SSSR count). The summed E-state index contributed by atoms with van der Waals surface area (Å²) < 4.78 is 10.7. The van der Waals surface area contributed by atoms with Gasteiger partial charge in [-0.15, -0.1) is 11.8 Å². The molecule has 4 heteroatoms. The highest BCUT2D eigenvalue weighted by atomic mass is 32.2. The number of benzene rings is 1. The molecule has 0 radical (unpaired) electrons. The predicted molar refractivity (Wildman–Crippen MR) is 87.1 cm³/mol. The fourth-order valence-corrected chi connectivity index (χ4v) is 2.84. The van der Waals surface area contributed by atoms with Gasteiger partial charge in [-0.3, -0.25) is 0 Å². The molecule has 0 aliphatic carbocycles. The standard InChI is InChI=1S/C16H27NO2S/c1-6-12(7-2)10-17-11-13-8-14(18-3)15(19-4)9-16(13)20-5/h8-9,12,17H,6-7,10-11H2,1-5H3. The van der Waals surface area contributed by atoms with Crippen molar-refractivity contribution in [3.63, 3.8) is 0 Å². The molecule has 0 bridgehead atoms. The summed E-state index contributed by atoms with van der Waals surface area (Å²) in [6.07, 6.45) is 4.54. The maximum atomic E-state index is 5.38. The average Bonchev–Trinajstić information content (AvgIpc) is 2.50. The second-order valence-corrected chi connectivity index (χ2v) is 5.68. The van der Waals surface area contributed by atoms with Gasteiger partial charge in [0.15, 0.2) is 11.5 Å². The average molecular weight is 297 g/mol. The van der Waals surface area contributed by atoms with Crippen LogP contribution in [0.25, 0.3) is 0 Å². The minimum absolute atomic E-state index is 0.757. The molecule has 0 fully saturated rings. The van der Waals surface area contributed by atoms with Gasteiger partial charge < -0.3 is 14.8 Å². The summed E-state index contributed by atoms with van der Waals surface area (Å²) in [5.74, 6) is 2.35. The van der Waals surface area contributed by atoms with Crippen molar-refractivity contribution in [1.82, 2.24) is 5.32 Å². The molecule has 1 N–H and O–H groups in total. The minimum atomic E-state index is 0.757. The lowest BCUT2D eigenvalue weighted by atomic mass is 10.0. The summed E-state index contributed by atoms with van der Waals surface area (Å²) >= 11 is 1.74. The molecule has 1 aromatic carbocycles. The summed E-state index contributed by atoms with van der Waals surface area (Å²) in [6, 6.07) is 4.13. The van der Waals surface area contributed by atoms with E-state index in [0.717, 1.165) is 30.5 Å². The molecule has 0 heterocycles. The van der Waals surface area contributed by atoms with Gasteiger partial charge in [0.05, 0.1) is 14.2 Å². The van der Waals surface area contributed by atoms with Gasteiger partial charge in [-0.1, -0.05) is 26.7 Å². The Kier molecular flexibility index (Phi) is 7.85. The third-order valence-corrected chi connectivity index (χ3v) is 4.51. The second-order valence-electron chi connectivity index (χ2n) is 4.83. The number of hydrogen-bond acceptors (Lipinski definition) is 4. The van der Waals surface area contributed by atoms with Crippen LogP contribution in [0.5, 0.6) is 11.5 Å². The molecule has 114 valence electrons. The van der Waals surface area contributed by atoms with E-state index in [2.05, 4.69) is 37.6 Å². The van der Waals surface area contributed by atoms with Gasteiger partial charge in [0.2, 0.25) is 0 Å². The van der Waals surface area contributed by atoms with E-state index in [9.17, 15) is 0 Å². The van der Waals surface area contributed by atoms with Crippen LogP contribution in [0, 0.1) is 5.92 Å². The van der Waals surface area contributed by atoms with Crippen LogP contribution in [0.3, 0.4) is 0 Å². The third kappa shape index (κ3) is 4.60. The highest BCUT2D eigenvalue weighted by Gasteiger charge is 2.11. The molecule has 0 saturated heterocycles. The molecule has 0 amide bonds. The third-order valence-electron chi connectivity index (χ3n) is 3.69. The van der Waals surface area contributed by atoms with Gasteiger partial charge in [0.1, 0.15) is 0 Å². The van der Waals surface area contributed by atoms with E-state index in [4.69, 9.17) is 9.47 Å². The summed E-state index contributed by atoms with van der Waals surface area (Å²) in [6.45, 7) is 6.43. The molecule has 1 aromatic rings. The van der Waals surface area contributed by atoms with Crippen molar-refractivity contribution in [2.24, 2.45) is 5.92 Å². The Hall–Kier alpha value is -0.870. The van der Waals surface area contributed by atoms with Gasteiger partial charge >= 0.3 is 0 Å². The minimum Gasteiger partial charge on any atom is -0.493 e. The van der Waals surface area contributed by atoms with Crippen molar-refractivity contribution in [3.8, 4) is 11.5 Å². The van der Waals surface area contributed by atoms with Crippen LogP contribution in [0.15, 0.2) is 17.0 Å². The number of methoxy groups -OCH3 is 2. The molecule has 0 aliphatic heterocycles. The molecule has 20 heavy (non-hydrogen) atoms. The maximum Gasteiger partial charge on any atom is 0.161 e. The zero-order valence-electron chi connectivity index (χ0n) is 13.3. The van der Waals surface area contributed by atoms with E-state index < -0.39 is 0 Å². The monoisotopic (exact) mass is 297 g/mol. The topological polar surface area (TPSA) is 30.5 Å². The SMILES string of the molecule is CCC(CC)CNCc1cc(OC)c(OC)cc1SC. The molecule has 0 unspecified atom stereocenters. The Balaban J connectivity index is 2.77. The van der Waals surface area contributed by atoms with Gasteiger partial charge in [-0.05, 0) is 36.4 Å². The Labute approximate surface area is 127 Å². The molecular formula is C16H27NO2S. The summed E-state index contributed by atoms with van der Waals surface area (Å²) in [4.78, 5) is 1.24. The van der Waals surface area contributed by atoms with E-state index in [1.54, 1.807) is 26.0 Å². The van der Waals surface area contributed by atoms with Gasteiger partial charge in [-0.2, -0.15) is 0 Å². The number of nitrogens with one attached hydrogen (secondary N) is 1. The summed E-state index contributed by atoms with van der Waals surface area (Å²) in [5, 5.41) is 3.56. The van der Waals surface area contributed by atoms with Crippen LogP contribution >= 0.6 is 11.8 Å². The lowest BCUT2D eigenvalue weighted by molar-refractivity contribution is 0.353. The second kappa shape index (κ2) is 9.14. The molecule has 0 saturated carbocycles. The summed E-state index contributed by atoms with van der Waals surface area (Å²) in [7, 11) is 3.35. The van der Waals surface area contributed by atoms with Crippen molar-refractivity contribution in [2.75, 3.05) is 27.0 Å². The zero-order chi connectivity index (χ0) is 15.0. The van der Waals surface area contributed by atoms with E-state index in [1.165, 1.54) is 23.3 Å². The number of rotatable bonds is 9. The highest BCUT2D eigenvalue weighted by molar-refractivity contribution is 7.98. The van der Waals surface area contributed by atoms with E-state index >= 15 is 0 Å². The zero-order valence-corrected chi connectivity index (χ0v) is 14.1. The van der Waals surface area contributed by atoms with Crippen molar-refractivity contribution < 1.29 is 9.47 Å².